The molecule has 0 bridgehead atoms. The van der Waals surface area contributed by atoms with Crippen LogP contribution in [-0.2, 0) is 14.2 Å². The first-order valence-corrected chi connectivity index (χ1v) is 15.5. The van der Waals surface area contributed by atoms with Gasteiger partial charge in [0.15, 0.2) is 0 Å². The average Bonchev–Trinajstić information content (AvgIpc) is 2.97. The zero-order valence-electron chi connectivity index (χ0n) is 24.8. The molecule has 1 aliphatic heterocycles. The third-order valence-electron chi connectivity index (χ3n) is 7.35. The van der Waals surface area contributed by atoms with Gasteiger partial charge in [-0.05, 0) is 43.9 Å². The van der Waals surface area contributed by atoms with Gasteiger partial charge in [-0.2, -0.15) is 0 Å². The monoisotopic (exact) mass is 575 g/mol. The lowest BCUT2D eigenvalue weighted by atomic mass is 9.84. The van der Waals surface area contributed by atoms with Crippen molar-refractivity contribution in [2.45, 2.75) is 49.6 Å². The van der Waals surface area contributed by atoms with Crippen LogP contribution in [0.4, 0.5) is 4.79 Å². The van der Waals surface area contributed by atoms with Crippen LogP contribution in [0.3, 0.4) is 0 Å². The number of amides is 1. The summed E-state index contributed by atoms with van der Waals surface area (Å²) in [6.07, 6.45) is 0.564. The van der Waals surface area contributed by atoms with E-state index in [9.17, 15) is 4.79 Å². The Morgan fingerprint density at radius 3 is 1.98 bits per heavy atom. The first kappa shape index (κ1) is 31.1. The predicted molar refractivity (Wildman–Crippen MR) is 170 cm³/mol. The number of piperazine rings is 1. The van der Waals surface area contributed by atoms with Gasteiger partial charge >= 0.3 is 6.09 Å². The summed E-state index contributed by atoms with van der Waals surface area (Å²) < 4.78 is 10.7. The Morgan fingerprint density at radius 2 is 1.49 bits per heavy atom. The summed E-state index contributed by atoms with van der Waals surface area (Å²) in [7, 11) is 1.75. The van der Waals surface area contributed by atoms with Gasteiger partial charge in [0.2, 0.25) is 0 Å². The Hall–Kier alpha value is -2.84. The molecule has 1 amide bonds. The molecule has 0 spiro atoms. The quantitative estimate of drug-likeness (QED) is 0.262. The van der Waals surface area contributed by atoms with E-state index in [4.69, 9.17) is 9.47 Å². The van der Waals surface area contributed by atoms with E-state index in [2.05, 4.69) is 107 Å². The summed E-state index contributed by atoms with van der Waals surface area (Å²) in [5.74, 6) is 0.693. The lowest BCUT2D eigenvalue weighted by Gasteiger charge is -2.40. The van der Waals surface area contributed by atoms with Gasteiger partial charge in [0, 0.05) is 51.7 Å². The van der Waals surface area contributed by atoms with Crippen molar-refractivity contribution in [1.82, 2.24) is 15.5 Å². The van der Waals surface area contributed by atoms with Gasteiger partial charge in [-0.15, -0.1) is 11.8 Å². The number of hydrogen-bond acceptors (Lipinski definition) is 6. The van der Waals surface area contributed by atoms with Crippen LogP contribution < -0.4 is 10.6 Å². The number of hydrogen-bond donors (Lipinski definition) is 2. The van der Waals surface area contributed by atoms with Gasteiger partial charge < -0.3 is 20.1 Å². The van der Waals surface area contributed by atoms with E-state index in [1.165, 1.54) is 16.7 Å². The summed E-state index contributed by atoms with van der Waals surface area (Å²) in [4.78, 5) is 15.6. The Bertz CT molecular complexity index is 1090. The van der Waals surface area contributed by atoms with Crippen LogP contribution >= 0.6 is 11.8 Å². The Labute approximate surface area is 250 Å². The van der Waals surface area contributed by atoms with Gasteiger partial charge in [-0.3, -0.25) is 4.90 Å². The lowest BCUT2D eigenvalue weighted by Crippen LogP contribution is -2.56. The third-order valence-corrected chi connectivity index (χ3v) is 9.05. The lowest BCUT2D eigenvalue weighted by molar-refractivity contribution is 0.0478. The van der Waals surface area contributed by atoms with Crippen LogP contribution in [-0.4, -0.2) is 74.3 Å². The number of ether oxygens (including phenoxy) is 2. The van der Waals surface area contributed by atoms with Crippen LogP contribution in [0.2, 0.25) is 0 Å². The first-order chi connectivity index (χ1) is 19.8. The topological polar surface area (TPSA) is 62.8 Å². The van der Waals surface area contributed by atoms with E-state index in [0.29, 0.717) is 18.4 Å². The molecule has 1 heterocycles. The fourth-order valence-electron chi connectivity index (χ4n) is 5.47. The Balaban J connectivity index is 1.69. The highest BCUT2D eigenvalue weighted by Gasteiger charge is 2.38. The maximum absolute atomic E-state index is 13.1. The summed E-state index contributed by atoms with van der Waals surface area (Å²) in [5.41, 5.74) is 3.05. The number of methoxy groups -OCH3 is 1. The number of benzene rings is 3. The molecule has 2 unspecified atom stereocenters. The maximum Gasteiger partial charge on any atom is 0.407 e. The van der Waals surface area contributed by atoms with Crippen molar-refractivity contribution in [1.29, 1.82) is 0 Å². The predicted octanol–water partition coefficient (Wildman–Crippen LogP) is 5.92. The summed E-state index contributed by atoms with van der Waals surface area (Å²) in [6, 6.07) is 32.3. The fraction of sp³-hybridized carbons (Fsp3) is 0.441. The molecule has 0 aromatic heterocycles. The molecular formula is C34H45N3O3S. The molecule has 0 aliphatic carbocycles. The molecule has 2 N–H and O–H groups in total. The van der Waals surface area contributed by atoms with Crippen molar-refractivity contribution in [3.63, 3.8) is 0 Å². The first-order valence-electron chi connectivity index (χ1n) is 14.6. The molecule has 0 radical (unpaired) electrons. The molecule has 0 saturated carbocycles. The van der Waals surface area contributed by atoms with Gasteiger partial charge in [-0.25, -0.2) is 4.79 Å². The molecule has 4 rings (SSSR count). The minimum Gasteiger partial charge on any atom is -0.444 e. The number of carbonyl (C=O) groups is 1. The van der Waals surface area contributed by atoms with E-state index in [1.807, 2.05) is 32.5 Å². The van der Waals surface area contributed by atoms with Crippen molar-refractivity contribution in [2.75, 3.05) is 45.6 Å². The van der Waals surface area contributed by atoms with Crippen molar-refractivity contribution in [3.05, 3.63) is 108 Å². The van der Waals surface area contributed by atoms with E-state index in [-0.39, 0.29) is 12.1 Å². The number of rotatable bonds is 12. The number of thioether (sulfide) groups is 1. The van der Waals surface area contributed by atoms with Crippen molar-refractivity contribution in [3.8, 4) is 0 Å². The zero-order chi connectivity index (χ0) is 29.1. The second kappa shape index (κ2) is 14.9. The fourth-order valence-corrected chi connectivity index (χ4v) is 7.02. The average molecular weight is 576 g/mol. The Morgan fingerprint density at radius 1 is 0.951 bits per heavy atom. The van der Waals surface area contributed by atoms with Crippen LogP contribution in [0.1, 0.15) is 43.9 Å². The van der Waals surface area contributed by atoms with Gasteiger partial charge in [0.05, 0.1) is 10.8 Å². The molecule has 6 nitrogen and oxygen atoms in total. The number of nitrogens with one attached hydrogen (secondary N) is 2. The molecule has 7 heteroatoms. The van der Waals surface area contributed by atoms with Crippen LogP contribution in [0.5, 0.6) is 0 Å². The molecule has 1 fully saturated rings. The smallest absolute Gasteiger partial charge is 0.407 e. The molecule has 41 heavy (non-hydrogen) atoms. The minimum atomic E-state index is -0.570. The Kier molecular flexibility index (Phi) is 11.3. The van der Waals surface area contributed by atoms with E-state index >= 15 is 0 Å². The van der Waals surface area contributed by atoms with Crippen molar-refractivity contribution >= 4 is 17.9 Å². The molecule has 220 valence electrons. The van der Waals surface area contributed by atoms with E-state index in [0.717, 1.165) is 32.6 Å². The zero-order valence-corrected chi connectivity index (χ0v) is 25.7. The molecule has 3 aromatic rings. The van der Waals surface area contributed by atoms with Crippen molar-refractivity contribution < 1.29 is 14.3 Å². The number of alkyl carbamates (subject to hydrolysis) is 1. The normalized spacial score (nSPS) is 17.1. The standard InChI is InChI=1S/C34H45N3O3S/c1-33(2,3)40-32(38)36-30(25-37-22-21-35-24-31(37)20-23-39-4)26-41-34(27-14-8-5-9-15-27,28-16-10-6-11-17-28)29-18-12-7-13-19-29/h5-19,30-31,35H,20-26H2,1-4H3,(H,36,38). The highest BCUT2D eigenvalue weighted by molar-refractivity contribution is 8.00. The second-order valence-corrected chi connectivity index (χ2v) is 12.8. The molecular weight excluding hydrogens is 530 g/mol. The van der Waals surface area contributed by atoms with Gasteiger partial charge in [0.1, 0.15) is 5.60 Å². The molecule has 2 atom stereocenters. The summed E-state index contributed by atoms with van der Waals surface area (Å²) in [5, 5.41) is 6.77. The number of nitrogens with zero attached hydrogens (tertiary/aromatic N) is 1. The second-order valence-electron chi connectivity index (χ2n) is 11.6. The van der Waals surface area contributed by atoms with Gasteiger partial charge in [-0.1, -0.05) is 91.0 Å². The third kappa shape index (κ3) is 8.58. The van der Waals surface area contributed by atoms with Crippen molar-refractivity contribution in [2.24, 2.45) is 0 Å². The molecule has 1 saturated heterocycles. The molecule has 3 aromatic carbocycles. The van der Waals surface area contributed by atoms with Crippen LogP contribution in [0.15, 0.2) is 91.0 Å². The van der Waals surface area contributed by atoms with Crippen LogP contribution in [0, 0.1) is 0 Å². The largest absolute Gasteiger partial charge is 0.444 e. The summed E-state index contributed by atoms with van der Waals surface area (Å²) >= 11 is 1.87. The van der Waals surface area contributed by atoms with E-state index < -0.39 is 10.3 Å². The number of carbonyl (C=O) groups excluding carboxylic acids is 1. The van der Waals surface area contributed by atoms with E-state index in [1.54, 1.807) is 7.11 Å². The van der Waals surface area contributed by atoms with Gasteiger partial charge in [0.25, 0.3) is 0 Å². The SMILES string of the molecule is COCCC1CNCCN1CC(CSC(c1ccccc1)(c1ccccc1)c1ccccc1)NC(=O)OC(C)(C)C. The molecule has 1 aliphatic rings. The summed E-state index contributed by atoms with van der Waals surface area (Å²) in [6.45, 7) is 9.91. The highest BCUT2D eigenvalue weighted by atomic mass is 32.2. The minimum absolute atomic E-state index is 0.131. The maximum atomic E-state index is 13.1. The highest BCUT2D eigenvalue weighted by Crippen LogP contribution is 2.48. The van der Waals surface area contributed by atoms with Crippen LogP contribution in [0.25, 0.3) is 0 Å².